The average molecular weight is 265 g/mol. The minimum Gasteiger partial charge on any atom is -0.491 e. The summed E-state index contributed by atoms with van der Waals surface area (Å²) in [4.78, 5) is 23.5. The van der Waals surface area contributed by atoms with E-state index in [1.54, 1.807) is 31.2 Å². The zero-order chi connectivity index (χ0) is 14.4. The van der Waals surface area contributed by atoms with Gasteiger partial charge in [0.25, 0.3) is 0 Å². The molecule has 0 aliphatic rings. The number of carbonyl (C=O) groups excluding carboxylic acids is 1. The van der Waals surface area contributed by atoms with Crippen molar-refractivity contribution in [3.63, 3.8) is 0 Å². The number of amides is 1. The number of carboxylic acids is 1. The Balaban J connectivity index is 3.09. The van der Waals surface area contributed by atoms with Crippen LogP contribution in [0.3, 0.4) is 0 Å². The molecule has 0 aliphatic carbocycles. The van der Waals surface area contributed by atoms with Crippen molar-refractivity contribution in [1.82, 2.24) is 4.90 Å². The Morgan fingerprint density at radius 3 is 2.63 bits per heavy atom. The van der Waals surface area contributed by atoms with Gasteiger partial charge in [-0.1, -0.05) is 12.1 Å². The SMILES string of the molecule is CCN(C=O)C(C(=O)O)c1cccc(OC(C)C)c1. The summed E-state index contributed by atoms with van der Waals surface area (Å²) < 4.78 is 5.53. The van der Waals surface area contributed by atoms with E-state index >= 15 is 0 Å². The average Bonchev–Trinajstić information content (AvgIpc) is 2.34. The summed E-state index contributed by atoms with van der Waals surface area (Å²) in [7, 11) is 0. The third-order valence-electron chi connectivity index (χ3n) is 2.61. The quantitative estimate of drug-likeness (QED) is 0.766. The van der Waals surface area contributed by atoms with Gasteiger partial charge in [0.1, 0.15) is 5.75 Å². The summed E-state index contributed by atoms with van der Waals surface area (Å²) in [6.45, 7) is 5.85. The highest BCUT2D eigenvalue weighted by Gasteiger charge is 2.25. The first-order valence-electron chi connectivity index (χ1n) is 6.20. The van der Waals surface area contributed by atoms with Gasteiger partial charge in [-0.2, -0.15) is 0 Å². The minimum atomic E-state index is -1.06. The Bertz CT molecular complexity index is 445. The maximum absolute atomic E-state index is 11.4. The van der Waals surface area contributed by atoms with Gasteiger partial charge in [0.2, 0.25) is 6.41 Å². The molecule has 1 N–H and O–H groups in total. The molecule has 0 radical (unpaired) electrons. The molecule has 0 spiro atoms. The Labute approximate surface area is 112 Å². The monoisotopic (exact) mass is 265 g/mol. The van der Waals surface area contributed by atoms with E-state index in [1.807, 2.05) is 13.8 Å². The van der Waals surface area contributed by atoms with Crippen LogP contribution in [-0.4, -0.2) is 35.0 Å². The highest BCUT2D eigenvalue weighted by Crippen LogP contribution is 2.24. The number of benzene rings is 1. The van der Waals surface area contributed by atoms with Crippen LogP contribution in [0.5, 0.6) is 5.75 Å². The van der Waals surface area contributed by atoms with E-state index in [1.165, 1.54) is 4.90 Å². The molecular formula is C14H19NO4. The molecule has 1 unspecified atom stereocenters. The fourth-order valence-corrected chi connectivity index (χ4v) is 1.82. The van der Waals surface area contributed by atoms with Crippen molar-refractivity contribution < 1.29 is 19.4 Å². The fourth-order valence-electron chi connectivity index (χ4n) is 1.82. The highest BCUT2D eigenvalue weighted by molar-refractivity contribution is 5.78. The molecule has 1 atom stereocenters. The number of hydrogen-bond acceptors (Lipinski definition) is 3. The molecule has 5 heteroatoms. The van der Waals surface area contributed by atoms with E-state index in [9.17, 15) is 14.7 Å². The van der Waals surface area contributed by atoms with E-state index in [4.69, 9.17) is 4.74 Å². The van der Waals surface area contributed by atoms with E-state index in [-0.39, 0.29) is 6.10 Å². The predicted octanol–water partition coefficient (Wildman–Crippen LogP) is 2.08. The third kappa shape index (κ3) is 3.98. The van der Waals surface area contributed by atoms with Crippen LogP contribution in [0.1, 0.15) is 32.4 Å². The molecule has 0 saturated carbocycles. The normalized spacial score (nSPS) is 12.0. The van der Waals surface area contributed by atoms with Gasteiger partial charge in [0, 0.05) is 6.54 Å². The molecule has 0 bridgehead atoms. The molecule has 0 heterocycles. The van der Waals surface area contributed by atoms with Crippen LogP contribution in [0, 0.1) is 0 Å². The molecule has 1 amide bonds. The summed E-state index contributed by atoms with van der Waals surface area (Å²) in [5.74, 6) is -0.462. The zero-order valence-corrected chi connectivity index (χ0v) is 11.4. The standard InChI is InChI=1S/C14H19NO4/c1-4-15(9-16)13(14(17)18)11-6-5-7-12(8-11)19-10(2)3/h5-10,13H,4H2,1-3H3,(H,17,18). The van der Waals surface area contributed by atoms with Crippen molar-refractivity contribution in [2.24, 2.45) is 0 Å². The van der Waals surface area contributed by atoms with Crippen LogP contribution in [-0.2, 0) is 9.59 Å². The summed E-state index contributed by atoms with van der Waals surface area (Å²) in [5.41, 5.74) is 0.527. The van der Waals surface area contributed by atoms with E-state index in [2.05, 4.69) is 0 Å². The lowest BCUT2D eigenvalue weighted by Crippen LogP contribution is -2.32. The Morgan fingerprint density at radius 2 is 2.16 bits per heavy atom. The lowest BCUT2D eigenvalue weighted by Gasteiger charge is -2.24. The van der Waals surface area contributed by atoms with E-state index in [0.29, 0.717) is 24.3 Å². The summed E-state index contributed by atoms with van der Waals surface area (Å²) in [6.07, 6.45) is 0.557. The second-order valence-corrected chi connectivity index (χ2v) is 4.42. The lowest BCUT2D eigenvalue weighted by atomic mass is 10.1. The summed E-state index contributed by atoms with van der Waals surface area (Å²) in [5, 5.41) is 9.29. The first-order valence-corrected chi connectivity index (χ1v) is 6.20. The van der Waals surface area contributed by atoms with Crippen LogP contribution in [0.25, 0.3) is 0 Å². The number of carboxylic acid groups (broad SMARTS) is 1. The third-order valence-corrected chi connectivity index (χ3v) is 2.61. The van der Waals surface area contributed by atoms with Crippen molar-refractivity contribution in [3.8, 4) is 5.75 Å². The van der Waals surface area contributed by atoms with Gasteiger partial charge in [-0.3, -0.25) is 4.79 Å². The number of ether oxygens (including phenoxy) is 1. The van der Waals surface area contributed by atoms with E-state index in [0.717, 1.165) is 0 Å². The van der Waals surface area contributed by atoms with Gasteiger partial charge < -0.3 is 14.7 Å². The molecular weight excluding hydrogens is 246 g/mol. The molecule has 19 heavy (non-hydrogen) atoms. The first-order chi connectivity index (χ1) is 8.99. The smallest absolute Gasteiger partial charge is 0.331 e. The van der Waals surface area contributed by atoms with Crippen molar-refractivity contribution in [3.05, 3.63) is 29.8 Å². The van der Waals surface area contributed by atoms with Crippen molar-refractivity contribution in [2.45, 2.75) is 32.9 Å². The molecule has 1 rings (SSSR count). The van der Waals surface area contributed by atoms with Crippen LogP contribution < -0.4 is 4.74 Å². The summed E-state index contributed by atoms with van der Waals surface area (Å²) in [6, 6.07) is 5.84. The Kier molecular flexibility index (Phi) is 5.36. The largest absolute Gasteiger partial charge is 0.491 e. The van der Waals surface area contributed by atoms with Crippen LogP contribution in [0.15, 0.2) is 24.3 Å². The maximum atomic E-state index is 11.4. The fraction of sp³-hybridized carbons (Fsp3) is 0.429. The molecule has 0 aromatic heterocycles. The number of nitrogens with zero attached hydrogens (tertiary/aromatic N) is 1. The molecule has 0 aliphatic heterocycles. The number of rotatable bonds is 7. The van der Waals surface area contributed by atoms with Gasteiger partial charge in [0.05, 0.1) is 6.10 Å². The van der Waals surface area contributed by atoms with Crippen LogP contribution in [0.2, 0.25) is 0 Å². The highest BCUT2D eigenvalue weighted by atomic mass is 16.5. The molecule has 1 aromatic rings. The van der Waals surface area contributed by atoms with Crippen LogP contribution in [0.4, 0.5) is 0 Å². The minimum absolute atomic E-state index is 0.00637. The van der Waals surface area contributed by atoms with Gasteiger partial charge in [-0.15, -0.1) is 0 Å². The molecule has 1 aromatic carbocycles. The van der Waals surface area contributed by atoms with Gasteiger partial charge >= 0.3 is 5.97 Å². The molecule has 0 saturated heterocycles. The number of likely N-dealkylation sites (N-methyl/N-ethyl adjacent to an activating group) is 1. The van der Waals surface area contributed by atoms with Gasteiger partial charge in [-0.25, -0.2) is 4.79 Å². The van der Waals surface area contributed by atoms with E-state index < -0.39 is 12.0 Å². The lowest BCUT2D eigenvalue weighted by molar-refractivity contribution is -0.146. The molecule has 5 nitrogen and oxygen atoms in total. The first kappa shape index (κ1) is 15.0. The van der Waals surface area contributed by atoms with Gasteiger partial charge in [-0.05, 0) is 38.5 Å². The topological polar surface area (TPSA) is 66.8 Å². The predicted molar refractivity (Wildman–Crippen MR) is 71.0 cm³/mol. The Hall–Kier alpha value is -2.04. The molecule has 0 fully saturated rings. The van der Waals surface area contributed by atoms with Crippen molar-refractivity contribution in [1.29, 1.82) is 0 Å². The zero-order valence-electron chi connectivity index (χ0n) is 11.4. The number of hydrogen-bond donors (Lipinski definition) is 1. The maximum Gasteiger partial charge on any atom is 0.331 e. The second-order valence-electron chi connectivity index (χ2n) is 4.42. The summed E-state index contributed by atoms with van der Waals surface area (Å²) >= 11 is 0. The second kappa shape index (κ2) is 6.78. The Morgan fingerprint density at radius 1 is 1.47 bits per heavy atom. The van der Waals surface area contributed by atoms with Gasteiger partial charge in [0.15, 0.2) is 6.04 Å². The molecule has 104 valence electrons. The van der Waals surface area contributed by atoms with Crippen molar-refractivity contribution in [2.75, 3.05) is 6.54 Å². The number of carbonyl (C=O) groups is 2. The van der Waals surface area contributed by atoms with Crippen molar-refractivity contribution >= 4 is 12.4 Å². The van der Waals surface area contributed by atoms with Crippen LogP contribution >= 0.6 is 0 Å². The number of aliphatic carboxylic acids is 1.